The first-order valence-electron chi connectivity index (χ1n) is 7.73. The normalized spacial score (nSPS) is 17.2. The highest BCUT2D eigenvalue weighted by atomic mass is 16.5. The molecule has 1 aromatic heterocycles. The summed E-state index contributed by atoms with van der Waals surface area (Å²) < 4.78 is 5.84. The van der Waals surface area contributed by atoms with Crippen LogP contribution in [0.15, 0.2) is 36.0 Å². The van der Waals surface area contributed by atoms with E-state index in [9.17, 15) is 0 Å². The maximum Gasteiger partial charge on any atom is 0.127 e. The van der Waals surface area contributed by atoms with Crippen molar-refractivity contribution >= 4 is 6.08 Å². The van der Waals surface area contributed by atoms with Crippen molar-refractivity contribution in [1.29, 1.82) is 0 Å². The minimum atomic E-state index is 0.685. The van der Waals surface area contributed by atoms with Crippen molar-refractivity contribution in [3.05, 3.63) is 58.7 Å². The molecule has 3 heterocycles. The number of nitrogens with zero attached hydrogens (tertiary/aromatic N) is 3. The molecule has 0 saturated carbocycles. The summed E-state index contributed by atoms with van der Waals surface area (Å²) in [6.07, 6.45) is 5.24. The van der Waals surface area contributed by atoms with E-state index in [0.29, 0.717) is 6.61 Å². The van der Waals surface area contributed by atoms with Crippen molar-refractivity contribution in [2.75, 3.05) is 19.7 Å². The molecule has 2 aliphatic rings. The molecule has 0 unspecified atom stereocenters. The number of aryl methyl sites for hydroxylation is 1. The van der Waals surface area contributed by atoms with Crippen LogP contribution in [0.5, 0.6) is 5.75 Å². The van der Waals surface area contributed by atoms with E-state index in [4.69, 9.17) is 4.74 Å². The number of hydrogen-bond donors (Lipinski definition) is 0. The first-order chi connectivity index (χ1) is 10.8. The summed E-state index contributed by atoms with van der Waals surface area (Å²) >= 11 is 0. The summed E-state index contributed by atoms with van der Waals surface area (Å²) in [5.74, 6) is 1.85. The van der Waals surface area contributed by atoms with Crippen LogP contribution in [-0.2, 0) is 13.0 Å². The highest BCUT2D eigenvalue weighted by Crippen LogP contribution is 2.26. The zero-order valence-corrected chi connectivity index (χ0v) is 12.7. The number of ether oxygens (including phenoxy) is 1. The molecule has 0 fully saturated rings. The van der Waals surface area contributed by atoms with Gasteiger partial charge in [0.25, 0.3) is 0 Å². The molecule has 4 heteroatoms. The first-order valence-corrected chi connectivity index (χ1v) is 7.73. The lowest BCUT2D eigenvalue weighted by Crippen LogP contribution is -2.34. The van der Waals surface area contributed by atoms with Gasteiger partial charge in [-0.1, -0.05) is 18.2 Å². The average molecular weight is 293 g/mol. The summed E-state index contributed by atoms with van der Waals surface area (Å²) in [4.78, 5) is 11.3. The summed E-state index contributed by atoms with van der Waals surface area (Å²) in [5.41, 5.74) is 4.98. The zero-order valence-electron chi connectivity index (χ0n) is 12.7. The Labute approximate surface area is 130 Å². The lowest BCUT2D eigenvalue weighted by molar-refractivity contribution is 0.255. The first kappa shape index (κ1) is 13.5. The van der Waals surface area contributed by atoms with Crippen LogP contribution in [0.2, 0.25) is 0 Å². The van der Waals surface area contributed by atoms with Crippen LogP contribution in [0.4, 0.5) is 0 Å². The van der Waals surface area contributed by atoms with E-state index in [0.717, 1.165) is 37.6 Å². The van der Waals surface area contributed by atoms with Crippen LogP contribution in [0.25, 0.3) is 6.08 Å². The third-order valence-corrected chi connectivity index (χ3v) is 4.25. The number of hydrogen-bond acceptors (Lipinski definition) is 4. The Hall–Kier alpha value is -2.20. The second-order valence-electron chi connectivity index (χ2n) is 5.98. The number of rotatable bonds is 2. The maximum absolute atomic E-state index is 5.84. The van der Waals surface area contributed by atoms with Gasteiger partial charge in [0.1, 0.15) is 18.2 Å². The molecule has 1 aromatic carbocycles. The highest BCUT2D eigenvalue weighted by molar-refractivity contribution is 5.62. The minimum Gasteiger partial charge on any atom is -0.489 e. The molecule has 2 aromatic rings. The molecular formula is C18H19N3O. The molecule has 2 aliphatic heterocycles. The number of fused-ring (bicyclic) bond motifs is 2. The van der Waals surface area contributed by atoms with Crippen molar-refractivity contribution in [2.45, 2.75) is 19.9 Å². The molecule has 0 aliphatic carbocycles. The standard InChI is InChI=1S/C18H19N3O/c1-13-19-9-16-11-21(7-6-17(16)20-13)10-14-8-15-4-2-3-5-18(15)22-12-14/h2-5,8-9H,6-7,10-12H2,1H3. The van der Waals surface area contributed by atoms with Gasteiger partial charge >= 0.3 is 0 Å². The third-order valence-electron chi connectivity index (χ3n) is 4.25. The fourth-order valence-corrected chi connectivity index (χ4v) is 3.15. The smallest absolute Gasteiger partial charge is 0.127 e. The van der Waals surface area contributed by atoms with Crippen LogP contribution >= 0.6 is 0 Å². The summed E-state index contributed by atoms with van der Waals surface area (Å²) in [6, 6.07) is 8.20. The molecule has 0 saturated heterocycles. The number of benzene rings is 1. The summed E-state index contributed by atoms with van der Waals surface area (Å²) in [6.45, 7) is 5.55. The molecular weight excluding hydrogens is 274 g/mol. The Morgan fingerprint density at radius 2 is 2.18 bits per heavy atom. The molecule has 22 heavy (non-hydrogen) atoms. The van der Waals surface area contributed by atoms with Crippen molar-refractivity contribution in [2.24, 2.45) is 0 Å². The van der Waals surface area contributed by atoms with Crippen molar-refractivity contribution < 1.29 is 4.74 Å². The van der Waals surface area contributed by atoms with E-state index in [1.54, 1.807) is 0 Å². The van der Waals surface area contributed by atoms with Gasteiger partial charge in [0.05, 0.1) is 0 Å². The van der Waals surface area contributed by atoms with E-state index < -0.39 is 0 Å². The van der Waals surface area contributed by atoms with Gasteiger partial charge in [-0.3, -0.25) is 4.90 Å². The molecule has 0 N–H and O–H groups in total. The van der Waals surface area contributed by atoms with E-state index in [1.807, 2.05) is 25.3 Å². The maximum atomic E-state index is 5.84. The Kier molecular flexibility index (Phi) is 3.39. The minimum absolute atomic E-state index is 0.685. The second-order valence-corrected chi connectivity index (χ2v) is 5.98. The predicted octanol–water partition coefficient (Wildman–Crippen LogP) is 2.62. The van der Waals surface area contributed by atoms with E-state index in [-0.39, 0.29) is 0 Å². The summed E-state index contributed by atoms with van der Waals surface area (Å²) in [5, 5.41) is 0. The van der Waals surface area contributed by atoms with Crippen LogP contribution in [0.1, 0.15) is 22.6 Å². The highest BCUT2D eigenvalue weighted by Gasteiger charge is 2.20. The Morgan fingerprint density at radius 1 is 1.27 bits per heavy atom. The molecule has 0 spiro atoms. The van der Waals surface area contributed by atoms with Gasteiger partial charge in [-0.15, -0.1) is 0 Å². The quantitative estimate of drug-likeness (QED) is 0.853. The van der Waals surface area contributed by atoms with E-state index in [1.165, 1.54) is 22.4 Å². The monoisotopic (exact) mass is 293 g/mol. The predicted molar refractivity (Wildman–Crippen MR) is 85.7 cm³/mol. The van der Waals surface area contributed by atoms with Crippen LogP contribution < -0.4 is 4.74 Å². The van der Waals surface area contributed by atoms with Gasteiger partial charge in [0.2, 0.25) is 0 Å². The zero-order chi connectivity index (χ0) is 14.9. The van der Waals surface area contributed by atoms with E-state index >= 15 is 0 Å². The molecule has 4 nitrogen and oxygen atoms in total. The Balaban J connectivity index is 1.49. The molecule has 4 rings (SSSR count). The van der Waals surface area contributed by atoms with Crippen LogP contribution in [0.3, 0.4) is 0 Å². The van der Waals surface area contributed by atoms with Crippen molar-refractivity contribution in [3.63, 3.8) is 0 Å². The average Bonchev–Trinajstić information content (AvgIpc) is 2.55. The largest absolute Gasteiger partial charge is 0.489 e. The summed E-state index contributed by atoms with van der Waals surface area (Å²) in [7, 11) is 0. The second kappa shape index (κ2) is 5.54. The Morgan fingerprint density at radius 3 is 3.14 bits per heavy atom. The Bertz CT molecular complexity index is 739. The van der Waals surface area contributed by atoms with Gasteiger partial charge in [-0.05, 0) is 24.6 Å². The fourth-order valence-electron chi connectivity index (χ4n) is 3.15. The lowest BCUT2D eigenvalue weighted by atomic mass is 10.0. The third kappa shape index (κ3) is 2.62. The van der Waals surface area contributed by atoms with Crippen molar-refractivity contribution in [3.8, 4) is 5.75 Å². The molecule has 0 amide bonds. The topological polar surface area (TPSA) is 38.2 Å². The number of para-hydroxylation sites is 1. The number of aromatic nitrogens is 2. The van der Waals surface area contributed by atoms with E-state index in [2.05, 4.69) is 33.1 Å². The van der Waals surface area contributed by atoms with Gasteiger partial charge < -0.3 is 4.74 Å². The molecule has 0 bridgehead atoms. The van der Waals surface area contributed by atoms with Gasteiger partial charge in [0, 0.05) is 49.1 Å². The van der Waals surface area contributed by atoms with Gasteiger partial charge in [-0.25, -0.2) is 9.97 Å². The van der Waals surface area contributed by atoms with Gasteiger partial charge in [-0.2, -0.15) is 0 Å². The molecule has 112 valence electrons. The molecule has 0 atom stereocenters. The van der Waals surface area contributed by atoms with Crippen LogP contribution in [-0.4, -0.2) is 34.6 Å². The fraction of sp³-hybridized carbons (Fsp3) is 0.333. The van der Waals surface area contributed by atoms with Crippen molar-refractivity contribution in [1.82, 2.24) is 14.9 Å². The molecule has 0 radical (unpaired) electrons. The van der Waals surface area contributed by atoms with Gasteiger partial charge in [0.15, 0.2) is 0 Å². The SMILES string of the molecule is Cc1ncc2c(n1)CCN(CC1=Cc3ccccc3OC1)C2. The van der Waals surface area contributed by atoms with Crippen LogP contribution in [0, 0.1) is 6.92 Å². The lowest BCUT2D eigenvalue weighted by Gasteiger charge is -2.29.